The smallest absolute Gasteiger partial charge is 0.321 e. The van der Waals surface area contributed by atoms with Gasteiger partial charge < -0.3 is 5.11 Å². The molecule has 0 aromatic carbocycles. The molecule has 0 bridgehead atoms. The second-order valence-corrected chi connectivity index (χ2v) is 1.99. The fraction of sp³-hybridized carbons (Fsp3) is 0.500. The summed E-state index contributed by atoms with van der Waals surface area (Å²) < 4.78 is 0. The van der Waals surface area contributed by atoms with Gasteiger partial charge in [0.15, 0.2) is 17.5 Å². The van der Waals surface area contributed by atoms with Crippen LogP contribution in [0, 0.1) is 5.92 Å². The van der Waals surface area contributed by atoms with Crippen LogP contribution in [0.2, 0.25) is 0 Å². The Bertz CT molecular complexity index is 154. The Kier molecular flexibility index (Phi) is 6.22. The molecule has 1 N–H and O–H groups in total. The van der Waals surface area contributed by atoms with Crippen molar-refractivity contribution in [1.29, 1.82) is 0 Å². The summed E-state index contributed by atoms with van der Waals surface area (Å²) in [7, 11) is 0. The number of Topliss-reactive ketones (excluding diaryl/α,β-unsaturated/α-hetero) is 2. The van der Waals surface area contributed by atoms with Crippen molar-refractivity contribution >= 4 is 17.5 Å². The average Bonchev–Trinajstić information content (AvgIpc) is 1.59. The van der Waals surface area contributed by atoms with Gasteiger partial charge in [0, 0.05) is 21.7 Å². The summed E-state index contributed by atoms with van der Waals surface area (Å²) in [5.41, 5.74) is 0. The number of carbonyl (C=O) groups is 3. The van der Waals surface area contributed by atoms with Crippen molar-refractivity contribution < 1.29 is 41.2 Å². The minimum absolute atomic E-state index is 0. The van der Waals surface area contributed by atoms with Gasteiger partial charge in [0.2, 0.25) is 0 Å². The molecule has 60 valence electrons. The molecular formula is C6H8O4Ti. The quantitative estimate of drug-likeness (QED) is 0.499. The molecule has 0 aromatic rings. The molecule has 0 heterocycles. The first-order valence-electron chi connectivity index (χ1n) is 2.70. The van der Waals surface area contributed by atoms with Crippen LogP contribution >= 0.6 is 0 Å². The summed E-state index contributed by atoms with van der Waals surface area (Å²) in [5.74, 6) is -4.10. The van der Waals surface area contributed by atoms with E-state index in [0.717, 1.165) is 13.8 Å². The van der Waals surface area contributed by atoms with Crippen LogP contribution < -0.4 is 0 Å². The zero-order chi connectivity index (χ0) is 8.31. The molecule has 11 heavy (non-hydrogen) atoms. The van der Waals surface area contributed by atoms with E-state index in [2.05, 4.69) is 0 Å². The fourth-order valence-corrected chi connectivity index (χ4v) is 0.634. The maximum absolute atomic E-state index is 10.4. The molecule has 0 aliphatic heterocycles. The molecule has 0 rings (SSSR count). The van der Waals surface area contributed by atoms with Gasteiger partial charge in [0.1, 0.15) is 0 Å². The first-order chi connectivity index (χ1) is 4.46. The van der Waals surface area contributed by atoms with Crippen molar-refractivity contribution in [2.75, 3.05) is 0 Å². The van der Waals surface area contributed by atoms with Crippen molar-refractivity contribution in [3.63, 3.8) is 0 Å². The molecule has 5 heteroatoms. The van der Waals surface area contributed by atoms with E-state index < -0.39 is 23.5 Å². The van der Waals surface area contributed by atoms with Gasteiger partial charge in [-0.1, -0.05) is 0 Å². The van der Waals surface area contributed by atoms with Crippen molar-refractivity contribution in [2.24, 2.45) is 5.92 Å². The Balaban J connectivity index is 0. The predicted octanol–water partition coefficient (Wildman–Crippen LogP) is -0.137. The normalized spacial score (nSPS) is 8.64. The van der Waals surface area contributed by atoms with Gasteiger partial charge in [-0.15, -0.1) is 0 Å². The minimum Gasteiger partial charge on any atom is -0.480 e. The van der Waals surface area contributed by atoms with Crippen LogP contribution in [0.3, 0.4) is 0 Å². The van der Waals surface area contributed by atoms with Gasteiger partial charge in [0.05, 0.1) is 0 Å². The third-order valence-electron chi connectivity index (χ3n) is 1.06. The molecule has 0 saturated carbocycles. The topological polar surface area (TPSA) is 71.4 Å². The van der Waals surface area contributed by atoms with Crippen LogP contribution in [-0.4, -0.2) is 22.6 Å². The molecular weight excluding hydrogens is 184 g/mol. The minimum atomic E-state index is -1.47. The molecule has 0 aliphatic carbocycles. The Morgan fingerprint density at radius 2 is 1.36 bits per heavy atom. The second kappa shape index (κ2) is 5.21. The van der Waals surface area contributed by atoms with E-state index in [1.807, 2.05) is 0 Å². The Morgan fingerprint density at radius 1 is 1.09 bits per heavy atom. The van der Waals surface area contributed by atoms with Crippen molar-refractivity contribution in [3.05, 3.63) is 0 Å². The molecule has 0 saturated heterocycles. The molecule has 0 radical (unpaired) electrons. The zero-order valence-electron chi connectivity index (χ0n) is 6.25. The molecule has 0 unspecified atom stereocenters. The molecule has 0 amide bonds. The van der Waals surface area contributed by atoms with Crippen molar-refractivity contribution in [3.8, 4) is 0 Å². The van der Waals surface area contributed by atoms with Crippen LogP contribution in [0.25, 0.3) is 0 Å². The largest absolute Gasteiger partial charge is 0.480 e. The molecule has 0 aliphatic rings. The molecule has 0 fully saturated rings. The standard InChI is InChI=1S/C6H8O4.Ti/c1-3(7)5(4(2)8)6(9)10;/h5H,1-2H3,(H,9,10);. The first-order valence-corrected chi connectivity index (χ1v) is 2.70. The molecule has 4 nitrogen and oxygen atoms in total. The SMILES string of the molecule is CC(=O)C(C(C)=O)C(=O)O.[Ti]. The van der Waals surface area contributed by atoms with E-state index in [1.165, 1.54) is 0 Å². The maximum atomic E-state index is 10.4. The van der Waals surface area contributed by atoms with E-state index in [4.69, 9.17) is 5.11 Å². The number of carboxylic acids is 1. The molecule has 0 aromatic heterocycles. The van der Waals surface area contributed by atoms with Gasteiger partial charge >= 0.3 is 5.97 Å². The Labute approximate surface area is 78.8 Å². The fourth-order valence-electron chi connectivity index (χ4n) is 0.634. The predicted molar refractivity (Wildman–Crippen MR) is 32.5 cm³/mol. The monoisotopic (exact) mass is 192 g/mol. The van der Waals surface area contributed by atoms with Gasteiger partial charge in [-0.3, -0.25) is 14.4 Å². The number of ketones is 2. The van der Waals surface area contributed by atoms with Gasteiger partial charge in [-0.25, -0.2) is 0 Å². The second-order valence-electron chi connectivity index (χ2n) is 1.99. The zero-order valence-corrected chi connectivity index (χ0v) is 7.81. The van der Waals surface area contributed by atoms with Gasteiger partial charge in [-0.2, -0.15) is 0 Å². The molecule has 0 spiro atoms. The summed E-state index contributed by atoms with van der Waals surface area (Å²) in [6.07, 6.45) is 0. The van der Waals surface area contributed by atoms with Crippen LogP contribution in [0.5, 0.6) is 0 Å². The van der Waals surface area contributed by atoms with E-state index in [0.29, 0.717) is 0 Å². The van der Waals surface area contributed by atoms with Crippen LogP contribution in [0.15, 0.2) is 0 Å². The number of hydrogen-bond acceptors (Lipinski definition) is 3. The third-order valence-corrected chi connectivity index (χ3v) is 1.06. The summed E-state index contributed by atoms with van der Waals surface area (Å²) in [5, 5.41) is 8.27. The van der Waals surface area contributed by atoms with Crippen LogP contribution in [0.4, 0.5) is 0 Å². The summed E-state index contributed by atoms with van der Waals surface area (Å²) >= 11 is 0. The van der Waals surface area contributed by atoms with E-state index in [-0.39, 0.29) is 21.7 Å². The van der Waals surface area contributed by atoms with E-state index in [9.17, 15) is 14.4 Å². The van der Waals surface area contributed by atoms with Crippen molar-refractivity contribution in [1.82, 2.24) is 0 Å². The third kappa shape index (κ3) is 4.06. The van der Waals surface area contributed by atoms with Gasteiger partial charge in [0.25, 0.3) is 0 Å². The Hall–Kier alpha value is -0.476. The van der Waals surface area contributed by atoms with E-state index in [1.54, 1.807) is 0 Å². The summed E-state index contributed by atoms with van der Waals surface area (Å²) in [6.45, 7) is 2.17. The average molecular weight is 192 g/mol. The number of hydrogen-bond donors (Lipinski definition) is 1. The summed E-state index contributed by atoms with van der Waals surface area (Å²) in [6, 6.07) is 0. The number of rotatable bonds is 3. The number of aliphatic carboxylic acids is 1. The van der Waals surface area contributed by atoms with E-state index >= 15 is 0 Å². The van der Waals surface area contributed by atoms with Crippen LogP contribution in [-0.2, 0) is 36.1 Å². The molecule has 0 atom stereocenters. The maximum Gasteiger partial charge on any atom is 0.321 e. The van der Waals surface area contributed by atoms with Gasteiger partial charge in [-0.05, 0) is 13.8 Å². The van der Waals surface area contributed by atoms with Crippen molar-refractivity contribution in [2.45, 2.75) is 13.8 Å². The van der Waals surface area contributed by atoms with Crippen LogP contribution in [0.1, 0.15) is 13.8 Å². The number of carboxylic acid groups (broad SMARTS) is 1. The Morgan fingerprint density at radius 3 is 1.36 bits per heavy atom. The number of carbonyl (C=O) groups excluding carboxylic acids is 2. The summed E-state index contributed by atoms with van der Waals surface area (Å²) in [4.78, 5) is 31.0. The first kappa shape index (κ1) is 13.1.